The number of hydrogen-bond donors (Lipinski definition) is 0. The van der Waals surface area contributed by atoms with Gasteiger partial charge in [-0.1, -0.05) is 70.4 Å². The van der Waals surface area contributed by atoms with Crippen molar-refractivity contribution in [1.29, 1.82) is 0 Å². The third kappa shape index (κ3) is 6.59. The first kappa shape index (κ1) is 29.8. The van der Waals surface area contributed by atoms with Crippen molar-refractivity contribution in [2.45, 2.75) is 111 Å². The Hall–Kier alpha value is -3.15. The highest BCUT2D eigenvalue weighted by atomic mass is 16.6. The molecule has 0 N–H and O–H groups in total. The number of unbranched alkanes of at least 4 members (excludes halogenated alkanes) is 1. The van der Waals surface area contributed by atoms with Crippen LogP contribution < -0.4 is 4.74 Å². The maximum atomic E-state index is 13.5. The molecule has 2 aromatic carbocycles. The minimum Gasteiger partial charge on any atom is -0.476 e. The van der Waals surface area contributed by atoms with Crippen molar-refractivity contribution >= 4 is 17.7 Å². The number of carbonyl (C=O) groups is 2. The van der Waals surface area contributed by atoms with E-state index in [1.807, 2.05) is 17.0 Å². The van der Waals surface area contributed by atoms with Crippen LogP contribution in [0.5, 0.6) is 5.75 Å². The summed E-state index contributed by atoms with van der Waals surface area (Å²) < 4.78 is 11.3. The van der Waals surface area contributed by atoms with Crippen LogP contribution in [0.15, 0.2) is 47.5 Å². The topological polar surface area (TPSA) is 68.2 Å². The fourth-order valence-corrected chi connectivity index (χ4v) is 5.82. The number of hydrogen-bond acceptors (Lipinski definition) is 5. The molecule has 2 aliphatic rings. The maximum Gasteiger partial charge on any atom is 0.349 e. The Morgan fingerprint density at radius 2 is 1.77 bits per heavy atom. The van der Waals surface area contributed by atoms with Crippen molar-refractivity contribution in [2.75, 3.05) is 6.61 Å². The second kappa shape index (κ2) is 12.6. The fourth-order valence-electron chi connectivity index (χ4n) is 5.82. The molecular weight excluding hydrogens is 500 g/mol. The number of ether oxygens (including phenoxy) is 2. The molecule has 0 aromatic heterocycles. The lowest BCUT2D eigenvalue weighted by molar-refractivity contribution is -0.158. The molecule has 6 heteroatoms. The highest BCUT2D eigenvalue weighted by Gasteiger charge is 2.49. The Morgan fingerprint density at radius 1 is 1.07 bits per heavy atom. The zero-order valence-electron chi connectivity index (χ0n) is 25.2. The molecule has 216 valence electrons. The van der Waals surface area contributed by atoms with E-state index in [0.717, 1.165) is 73.9 Å². The number of benzene rings is 2. The van der Waals surface area contributed by atoms with Gasteiger partial charge in [-0.15, -0.1) is 0 Å². The molecule has 2 aromatic rings. The van der Waals surface area contributed by atoms with Gasteiger partial charge in [0.1, 0.15) is 17.1 Å². The van der Waals surface area contributed by atoms with E-state index in [1.165, 1.54) is 5.56 Å². The zero-order valence-corrected chi connectivity index (χ0v) is 25.2. The molecule has 40 heavy (non-hydrogen) atoms. The predicted molar refractivity (Wildman–Crippen MR) is 160 cm³/mol. The number of aliphatic imine (C=N–C) groups is 1. The van der Waals surface area contributed by atoms with Crippen molar-refractivity contribution in [1.82, 2.24) is 4.90 Å². The third-order valence-corrected chi connectivity index (χ3v) is 7.94. The van der Waals surface area contributed by atoms with E-state index in [2.05, 4.69) is 51.1 Å². The van der Waals surface area contributed by atoms with Crippen molar-refractivity contribution in [3.63, 3.8) is 0 Å². The standard InChI is InChI=1S/C34H46N2O4/c1-7-9-12-30-35-34(19-10-11-20-34)31(37)36(30)23-25-13-15-26(16-14-25)29-22-28(18-17-27(29)21-24(3)4)40-33(5,6)32(38)39-8-2/h13-18,22,24H,7-12,19-21,23H2,1-6H3. The summed E-state index contributed by atoms with van der Waals surface area (Å²) in [5.74, 6) is 1.89. The van der Waals surface area contributed by atoms with Crippen LogP contribution in [-0.4, -0.2) is 40.4 Å². The van der Waals surface area contributed by atoms with Gasteiger partial charge < -0.3 is 9.47 Å². The van der Waals surface area contributed by atoms with E-state index in [-0.39, 0.29) is 11.9 Å². The highest BCUT2D eigenvalue weighted by Crippen LogP contribution is 2.40. The second-order valence-corrected chi connectivity index (χ2v) is 12.2. The van der Waals surface area contributed by atoms with Gasteiger partial charge in [0.25, 0.3) is 5.91 Å². The Bertz CT molecular complexity index is 1220. The zero-order chi connectivity index (χ0) is 28.9. The minimum atomic E-state index is -1.09. The number of amides is 1. The lowest BCUT2D eigenvalue weighted by Gasteiger charge is -2.25. The van der Waals surface area contributed by atoms with Crippen molar-refractivity contribution in [3.05, 3.63) is 53.6 Å². The number of amidine groups is 1. The van der Waals surface area contributed by atoms with Gasteiger partial charge in [-0.25, -0.2) is 4.79 Å². The molecule has 0 bridgehead atoms. The molecule has 0 radical (unpaired) electrons. The Kier molecular flexibility index (Phi) is 9.37. The maximum absolute atomic E-state index is 13.5. The van der Waals surface area contributed by atoms with Crippen molar-refractivity contribution in [3.8, 4) is 16.9 Å². The first-order valence-corrected chi connectivity index (χ1v) is 15.1. The predicted octanol–water partition coefficient (Wildman–Crippen LogP) is 7.52. The highest BCUT2D eigenvalue weighted by molar-refractivity contribution is 6.08. The van der Waals surface area contributed by atoms with Crippen LogP contribution in [0.1, 0.15) is 97.6 Å². The first-order valence-electron chi connectivity index (χ1n) is 15.1. The average Bonchev–Trinajstić information content (AvgIpc) is 3.49. The normalized spacial score (nSPS) is 16.6. The van der Waals surface area contributed by atoms with Crippen LogP contribution in [0.2, 0.25) is 0 Å². The largest absolute Gasteiger partial charge is 0.476 e. The molecule has 0 atom stereocenters. The molecule has 1 heterocycles. The van der Waals surface area contributed by atoms with Gasteiger partial charge in [-0.2, -0.15) is 0 Å². The van der Waals surface area contributed by atoms with Gasteiger partial charge in [0.15, 0.2) is 5.60 Å². The van der Waals surface area contributed by atoms with Crippen LogP contribution in [-0.2, 0) is 27.3 Å². The van der Waals surface area contributed by atoms with E-state index in [0.29, 0.717) is 24.8 Å². The Labute approximate surface area is 240 Å². The number of carbonyl (C=O) groups excluding carboxylic acids is 2. The second-order valence-electron chi connectivity index (χ2n) is 12.2. The van der Waals surface area contributed by atoms with E-state index >= 15 is 0 Å². The number of rotatable bonds is 12. The van der Waals surface area contributed by atoms with Gasteiger partial charge in [0.05, 0.1) is 13.2 Å². The summed E-state index contributed by atoms with van der Waals surface area (Å²) >= 11 is 0. The number of esters is 1. The Morgan fingerprint density at radius 3 is 2.40 bits per heavy atom. The molecule has 1 spiro atoms. The quantitative estimate of drug-likeness (QED) is 0.258. The summed E-state index contributed by atoms with van der Waals surface area (Å²) in [6.07, 6.45) is 7.83. The molecule has 0 saturated heterocycles. The summed E-state index contributed by atoms with van der Waals surface area (Å²) in [5.41, 5.74) is 2.90. The summed E-state index contributed by atoms with van der Waals surface area (Å²) in [5, 5.41) is 0. The third-order valence-electron chi connectivity index (χ3n) is 7.94. The summed E-state index contributed by atoms with van der Waals surface area (Å²) in [7, 11) is 0. The van der Waals surface area contributed by atoms with Crippen LogP contribution in [0.3, 0.4) is 0 Å². The van der Waals surface area contributed by atoms with E-state index in [4.69, 9.17) is 14.5 Å². The molecule has 1 saturated carbocycles. The lowest BCUT2D eigenvalue weighted by Crippen LogP contribution is -2.40. The van der Waals surface area contributed by atoms with Gasteiger partial charge in [0, 0.05) is 6.42 Å². The average molecular weight is 547 g/mol. The molecule has 0 unspecified atom stereocenters. The summed E-state index contributed by atoms with van der Waals surface area (Å²) in [6, 6.07) is 14.6. The summed E-state index contributed by atoms with van der Waals surface area (Å²) in [6.45, 7) is 12.7. The molecule has 1 fully saturated rings. The van der Waals surface area contributed by atoms with Crippen LogP contribution in [0, 0.1) is 5.92 Å². The van der Waals surface area contributed by atoms with Crippen LogP contribution in [0.25, 0.3) is 11.1 Å². The van der Waals surface area contributed by atoms with Gasteiger partial charge in [0.2, 0.25) is 0 Å². The number of nitrogens with zero attached hydrogens (tertiary/aromatic N) is 2. The van der Waals surface area contributed by atoms with Crippen molar-refractivity contribution in [2.24, 2.45) is 10.9 Å². The summed E-state index contributed by atoms with van der Waals surface area (Å²) in [4.78, 5) is 32.9. The van der Waals surface area contributed by atoms with Crippen LogP contribution >= 0.6 is 0 Å². The molecule has 1 aliphatic heterocycles. The molecule has 1 amide bonds. The molecule has 1 aliphatic carbocycles. The van der Waals surface area contributed by atoms with E-state index < -0.39 is 11.1 Å². The SMILES string of the molecule is CCCCC1=NC2(CCCC2)C(=O)N1Cc1ccc(-c2cc(OC(C)(C)C(=O)OCC)ccc2CC(C)C)cc1. The van der Waals surface area contributed by atoms with E-state index in [1.54, 1.807) is 20.8 Å². The van der Waals surface area contributed by atoms with Crippen LogP contribution in [0.4, 0.5) is 0 Å². The van der Waals surface area contributed by atoms with Gasteiger partial charge in [-0.3, -0.25) is 14.7 Å². The fraction of sp³-hybridized carbons (Fsp3) is 0.559. The van der Waals surface area contributed by atoms with Gasteiger partial charge in [-0.05, 0) is 86.8 Å². The van der Waals surface area contributed by atoms with E-state index in [9.17, 15) is 9.59 Å². The smallest absolute Gasteiger partial charge is 0.349 e. The van der Waals surface area contributed by atoms with Crippen molar-refractivity contribution < 1.29 is 19.1 Å². The molecule has 4 rings (SSSR count). The molecule has 6 nitrogen and oxygen atoms in total. The molecular formula is C34H46N2O4. The van der Waals surface area contributed by atoms with Gasteiger partial charge >= 0.3 is 5.97 Å². The minimum absolute atomic E-state index is 0.188. The lowest BCUT2D eigenvalue weighted by atomic mass is 9.92. The monoisotopic (exact) mass is 546 g/mol. The Balaban J connectivity index is 1.58. The first-order chi connectivity index (χ1) is 19.1.